The van der Waals surface area contributed by atoms with Crippen LogP contribution in [0.1, 0.15) is 31.7 Å². The average Bonchev–Trinajstić information content (AvgIpc) is 2.96. The number of likely N-dealkylation sites (tertiary alicyclic amines) is 1. The lowest BCUT2D eigenvalue weighted by Crippen LogP contribution is -2.39. The van der Waals surface area contributed by atoms with E-state index < -0.39 is 0 Å². The van der Waals surface area contributed by atoms with Gasteiger partial charge in [-0.3, -0.25) is 9.69 Å². The minimum absolute atomic E-state index is 0.0152. The van der Waals surface area contributed by atoms with Gasteiger partial charge in [-0.25, -0.2) is 0 Å². The molecule has 1 aliphatic rings. The van der Waals surface area contributed by atoms with Gasteiger partial charge in [-0.1, -0.05) is 43.7 Å². The maximum Gasteiger partial charge on any atom is 0.225 e. The van der Waals surface area contributed by atoms with Gasteiger partial charge in [0.1, 0.15) is 6.04 Å². The molecule has 1 aliphatic heterocycles. The van der Waals surface area contributed by atoms with Gasteiger partial charge >= 0.3 is 0 Å². The van der Waals surface area contributed by atoms with Gasteiger partial charge in [0.15, 0.2) is 0 Å². The first-order chi connectivity index (χ1) is 10.2. The lowest BCUT2D eigenvalue weighted by atomic mass is 10.1. The van der Waals surface area contributed by atoms with Crippen LogP contribution in [0.5, 0.6) is 0 Å². The van der Waals surface area contributed by atoms with E-state index >= 15 is 0 Å². The quantitative estimate of drug-likeness (QED) is 0.872. The zero-order valence-corrected chi connectivity index (χ0v) is 12.6. The van der Waals surface area contributed by atoms with Crippen molar-refractivity contribution in [1.29, 1.82) is 5.26 Å². The molecule has 112 valence electrons. The van der Waals surface area contributed by atoms with Crippen molar-refractivity contribution < 1.29 is 4.79 Å². The van der Waals surface area contributed by atoms with Crippen LogP contribution in [0, 0.1) is 17.2 Å². The van der Waals surface area contributed by atoms with E-state index in [1.54, 1.807) is 0 Å². The van der Waals surface area contributed by atoms with Crippen LogP contribution in [-0.2, 0) is 11.3 Å². The molecule has 1 aromatic rings. The van der Waals surface area contributed by atoms with Gasteiger partial charge in [0.05, 0.1) is 12.0 Å². The van der Waals surface area contributed by atoms with Gasteiger partial charge in [0.2, 0.25) is 5.91 Å². The smallest absolute Gasteiger partial charge is 0.225 e. The molecule has 0 aliphatic carbocycles. The Morgan fingerprint density at radius 3 is 2.90 bits per heavy atom. The highest BCUT2D eigenvalue weighted by atomic mass is 16.2. The summed E-state index contributed by atoms with van der Waals surface area (Å²) < 4.78 is 0. The minimum Gasteiger partial charge on any atom is -0.340 e. The second-order valence-electron chi connectivity index (χ2n) is 5.69. The van der Waals surface area contributed by atoms with E-state index in [-0.39, 0.29) is 17.9 Å². The highest BCUT2D eigenvalue weighted by Crippen LogP contribution is 2.19. The van der Waals surface area contributed by atoms with E-state index in [0.717, 1.165) is 38.9 Å². The van der Waals surface area contributed by atoms with Crippen LogP contribution in [-0.4, -0.2) is 29.9 Å². The summed E-state index contributed by atoms with van der Waals surface area (Å²) >= 11 is 0. The summed E-state index contributed by atoms with van der Waals surface area (Å²) in [5, 5.41) is 11.9. The highest BCUT2D eigenvalue weighted by Gasteiger charge is 2.29. The summed E-state index contributed by atoms with van der Waals surface area (Å²) in [6, 6.07) is 12.1. The van der Waals surface area contributed by atoms with Crippen molar-refractivity contribution in [3.05, 3.63) is 35.9 Å². The van der Waals surface area contributed by atoms with Crippen molar-refractivity contribution in [3.8, 4) is 6.07 Å². The zero-order chi connectivity index (χ0) is 15.1. The molecule has 1 amide bonds. The number of nitriles is 1. The Kier molecular flexibility index (Phi) is 5.77. The zero-order valence-electron chi connectivity index (χ0n) is 12.6. The minimum atomic E-state index is -0.342. The lowest BCUT2D eigenvalue weighted by molar-refractivity contribution is -0.125. The third-order valence-electron chi connectivity index (χ3n) is 3.94. The number of benzene rings is 1. The number of rotatable bonds is 6. The normalized spacial score (nSPS) is 19.9. The number of hydrogen-bond acceptors (Lipinski definition) is 3. The van der Waals surface area contributed by atoms with Crippen molar-refractivity contribution in [2.75, 3.05) is 13.1 Å². The van der Waals surface area contributed by atoms with Crippen molar-refractivity contribution in [2.24, 2.45) is 5.92 Å². The number of nitrogens with zero attached hydrogens (tertiary/aromatic N) is 2. The van der Waals surface area contributed by atoms with E-state index in [1.807, 2.05) is 25.1 Å². The molecular weight excluding hydrogens is 262 g/mol. The van der Waals surface area contributed by atoms with Gasteiger partial charge in [-0.2, -0.15) is 5.26 Å². The molecule has 1 N–H and O–H groups in total. The number of carbonyl (C=O) groups is 1. The lowest BCUT2D eigenvalue weighted by Gasteiger charge is -2.17. The molecule has 0 bridgehead atoms. The summed E-state index contributed by atoms with van der Waals surface area (Å²) in [4.78, 5) is 14.5. The molecule has 1 fully saturated rings. The molecule has 0 saturated carbocycles. The third-order valence-corrected chi connectivity index (χ3v) is 3.94. The summed E-state index contributed by atoms with van der Waals surface area (Å²) in [6.45, 7) is 4.64. The molecule has 2 atom stereocenters. The van der Waals surface area contributed by atoms with E-state index in [0.29, 0.717) is 0 Å². The Balaban J connectivity index is 1.82. The van der Waals surface area contributed by atoms with E-state index in [1.165, 1.54) is 5.56 Å². The summed E-state index contributed by atoms with van der Waals surface area (Å²) in [5.41, 5.74) is 1.28. The van der Waals surface area contributed by atoms with Gasteiger partial charge in [0.25, 0.3) is 0 Å². The molecular formula is C17H23N3O. The van der Waals surface area contributed by atoms with Gasteiger partial charge in [-0.15, -0.1) is 0 Å². The second kappa shape index (κ2) is 7.80. The molecule has 1 heterocycles. The van der Waals surface area contributed by atoms with Crippen LogP contribution in [0.2, 0.25) is 0 Å². The van der Waals surface area contributed by atoms with Crippen LogP contribution < -0.4 is 5.32 Å². The number of hydrogen-bond donors (Lipinski definition) is 1. The van der Waals surface area contributed by atoms with Crippen molar-refractivity contribution in [2.45, 2.75) is 38.8 Å². The number of carbonyl (C=O) groups excluding carboxylic acids is 1. The Morgan fingerprint density at radius 1 is 1.48 bits per heavy atom. The summed E-state index contributed by atoms with van der Waals surface area (Å²) in [6.07, 6.45) is 2.51. The van der Waals surface area contributed by atoms with Crippen molar-refractivity contribution in [3.63, 3.8) is 0 Å². The topological polar surface area (TPSA) is 56.1 Å². The second-order valence-corrected chi connectivity index (χ2v) is 5.69. The van der Waals surface area contributed by atoms with E-state index in [4.69, 9.17) is 5.26 Å². The maximum absolute atomic E-state index is 12.2. The Hall–Kier alpha value is -1.86. The molecule has 1 saturated heterocycles. The Morgan fingerprint density at radius 2 is 2.24 bits per heavy atom. The third kappa shape index (κ3) is 4.57. The Bertz CT molecular complexity index is 495. The molecule has 0 radical (unpaired) electrons. The SMILES string of the molecule is CCCC(C#N)NC(=O)C1CCN(Cc2ccccc2)C1. The van der Waals surface area contributed by atoms with Crippen LogP contribution in [0.25, 0.3) is 0 Å². The fourth-order valence-corrected chi connectivity index (χ4v) is 2.78. The fraction of sp³-hybridized carbons (Fsp3) is 0.529. The molecule has 0 aromatic heterocycles. The van der Waals surface area contributed by atoms with E-state index in [9.17, 15) is 4.79 Å². The van der Waals surface area contributed by atoms with Crippen molar-refractivity contribution in [1.82, 2.24) is 10.2 Å². The predicted octanol–water partition coefficient (Wildman–Crippen LogP) is 2.32. The van der Waals surface area contributed by atoms with Gasteiger partial charge in [0, 0.05) is 13.1 Å². The standard InChI is InChI=1S/C17H23N3O/c1-2-6-16(11-18)19-17(21)15-9-10-20(13-15)12-14-7-4-3-5-8-14/h3-5,7-8,15-16H,2,6,9-10,12-13H2,1H3,(H,19,21). The van der Waals surface area contributed by atoms with Crippen molar-refractivity contribution >= 4 is 5.91 Å². The first-order valence-corrected chi connectivity index (χ1v) is 7.69. The first kappa shape index (κ1) is 15.5. The van der Waals surface area contributed by atoms with E-state index in [2.05, 4.69) is 28.4 Å². The summed E-state index contributed by atoms with van der Waals surface area (Å²) in [5.74, 6) is 0.0481. The first-order valence-electron chi connectivity index (χ1n) is 7.69. The molecule has 2 unspecified atom stereocenters. The van der Waals surface area contributed by atoms with Crippen LogP contribution in [0.15, 0.2) is 30.3 Å². The monoisotopic (exact) mass is 285 g/mol. The van der Waals surface area contributed by atoms with Gasteiger partial charge < -0.3 is 5.32 Å². The van der Waals surface area contributed by atoms with Crippen LogP contribution >= 0.6 is 0 Å². The van der Waals surface area contributed by atoms with Crippen LogP contribution in [0.4, 0.5) is 0 Å². The molecule has 21 heavy (non-hydrogen) atoms. The highest BCUT2D eigenvalue weighted by molar-refractivity contribution is 5.79. The molecule has 4 heteroatoms. The molecule has 2 rings (SSSR count). The number of nitrogens with one attached hydrogen (secondary N) is 1. The van der Waals surface area contributed by atoms with Gasteiger partial charge in [-0.05, 0) is 24.9 Å². The van der Waals surface area contributed by atoms with Crippen LogP contribution in [0.3, 0.4) is 0 Å². The molecule has 1 aromatic carbocycles. The molecule has 0 spiro atoms. The summed E-state index contributed by atoms with van der Waals surface area (Å²) in [7, 11) is 0. The Labute approximate surface area is 126 Å². The fourth-order valence-electron chi connectivity index (χ4n) is 2.78. The molecule has 4 nitrogen and oxygen atoms in total. The number of amides is 1. The largest absolute Gasteiger partial charge is 0.340 e. The predicted molar refractivity (Wildman–Crippen MR) is 82.3 cm³/mol. The average molecular weight is 285 g/mol. The maximum atomic E-state index is 12.2.